The number of thioether (sulfide) groups is 4. The summed E-state index contributed by atoms with van der Waals surface area (Å²) in [7, 11) is 0. The lowest BCUT2D eigenvalue weighted by molar-refractivity contribution is -0.139. The number of hydrogen-bond acceptors (Lipinski definition) is 12. The molecule has 0 aromatic carbocycles. The van der Waals surface area contributed by atoms with Crippen molar-refractivity contribution in [1.82, 2.24) is 0 Å². The average Bonchev–Trinajstić information content (AvgIpc) is 3.03. The van der Waals surface area contributed by atoms with Crippen LogP contribution in [0.15, 0.2) is 45.9 Å². The summed E-state index contributed by atoms with van der Waals surface area (Å²) in [5.41, 5.74) is 0. The lowest BCUT2D eigenvalue weighted by Crippen LogP contribution is -2.03. The van der Waals surface area contributed by atoms with Crippen molar-refractivity contribution in [3.05, 3.63) is 45.9 Å². The average molecular weight is 705 g/mol. The Morgan fingerprint density at radius 3 is 1.11 bits per heavy atom. The molecule has 0 aliphatic heterocycles. The zero-order chi connectivity index (χ0) is 33.1. The van der Waals surface area contributed by atoms with Crippen molar-refractivity contribution in [3.8, 4) is 0 Å². The highest BCUT2D eigenvalue weighted by molar-refractivity contribution is 8.03. The van der Waals surface area contributed by atoms with Crippen molar-refractivity contribution < 1.29 is 38.1 Å². The van der Waals surface area contributed by atoms with Gasteiger partial charge in [-0.1, -0.05) is 19.8 Å². The summed E-state index contributed by atoms with van der Waals surface area (Å²) in [5, 5.41) is 7.00. The van der Waals surface area contributed by atoms with E-state index in [9.17, 15) is 19.2 Å². The maximum Gasteiger partial charge on any atom is 0.331 e. The molecular weight excluding hydrogens is 653 g/mol. The van der Waals surface area contributed by atoms with Gasteiger partial charge < -0.3 is 18.9 Å². The van der Waals surface area contributed by atoms with Crippen LogP contribution in [0.4, 0.5) is 0 Å². The predicted octanol–water partition coefficient (Wildman–Crippen LogP) is 8.48. The summed E-state index contributed by atoms with van der Waals surface area (Å²) >= 11 is 6.18. The van der Waals surface area contributed by atoms with E-state index in [0.29, 0.717) is 26.4 Å². The fraction of sp³-hybridized carbons (Fsp3) is 0.636. The van der Waals surface area contributed by atoms with Gasteiger partial charge in [-0.15, -0.1) is 47.0 Å². The van der Waals surface area contributed by atoms with Gasteiger partial charge in [-0.2, -0.15) is 0 Å². The van der Waals surface area contributed by atoms with Crippen molar-refractivity contribution in [1.29, 1.82) is 0 Å². The molecule has 256 valence electrons. The van der Waals surface area contributed by atoms with Gasteiger partial charge in [-0.25, -0.2) is 19.2 Å². The minimum absolute atomic E-state index is 0.293. The molecule has 0 aliphatic rings. The number of rotatable bonds is 30. The molecule has 0 saturated carbocycles. The molecule has 0 aromatic heterocycles. The zero-order valence-corrected chi connectivity index (χ0v) is 30.2. The molecule has 0 N–H and O–H groups in total. The predicted molar refractivity (Wildman–Crippen MR) is 192 cm³/mol. The van der Waals surface area contributed by atoms with Gasteiger partial charge in [0.2, 0.25) is 0 Å². The molecule has 0 bridgehead atoms. The van der Waals surface area contributed by atoms with Crippen LogP contribution in [0.1, 0.15) is 84.0 Å². The molecular formula is C33H52O8S4. The first-order valence-electron chi connectivity index (χ1n) is 15.7. The minimum Gasteiger partial charge on any atom is -0.463 e. The van der Waals surface area contributed by atoms with E-state index in [4.69, 9.17) is 18.9 Å². The van der Waals surface area contributed by atoms with Crippen LogP contribution in [-0.4, -0.2) is 73.8 Å². The number of carbonyl (C=O) groups excluding carboxylic acids is 4. The Bertz CT molecular complexity index is 890. The van der Waals surface area contributed by atoms with Gasteiger partial charge in [0.1, 0.15) is 0 Å². The van der Waals surface area contributed by atoms with Crippen LogP contribution in [-0.2, 0) is 38.1 Å². The highest BCUT2D eigenvalue weighted by Crippen LogP contribution is 2.11. The van der Waals surface area contributed by atoms with Crippen LogP contribution in [0.25, 0.3) is 0 Å². The fourth-order valence-corrected chi connectivity index (χ4v) is 5.75. The van der Waals surface area contributed by atoms with Gasteiger partial charge in [0.05, 0.1) is 26.4 Å². The quantitative estimate of drug-likeness (QED) is 0.0310. The number of unbranched alkanes of at least 4 members (excludes halogenated alkanes) is 8. The van der Waals surface area contributed by atoms with Crippen molar-refractivity contribution in [2.24, 2.45) is 0 Å². The van der Waals surface area contributed by atoms with Gasteiger partial charge >= 0.3 is 23.9 Å². The minimum atomic E-state index is -0.343. The summed E-state index contributed by atoms with van der Waals surface area (Å²) in [5.74, 6) is 1.46. The summed E-state index contributed by atoms with van der Waals surface area (Å²) in [6, 6.07) is 0. The van der Waals surface area contributed by atoms with Gasteiger partial charge in [0, 0.05) is 24.3 Å². The zero-order valence-electron chi connectivity index (χ0n) is 27.0. The van der Waals surface area contributed by atoms with E-state index < -0.39 is 0 Å². The molecule has 0 aliphatic carbocycles. The van der Waals surface area contributed by atoms with E-state index in [1.165, 1.54) is 48.9 Å². The van der Waals surface area contributed by atoms with Gasteiger partial charge in [0.25, 0.3) is 0 Å². The van der Waals surface area contributed by atoms with Crippen LogP contribution in [0.3, 0.4) is 0 Å². The van der Waals surface area contributed by atoms with Crippen LogP contribution in [0, 0.1) is 0 Å². The normalized spacial score (nSPS) is 11.6. The molecule has 8 nitrogen and oxygen atoms in total. The summed E-state index contributed by atoms with van der Waals surface area (Å²) in [4.78, 5) is 46.5. The molecule has 0 unspecified atom stereocenters. The van der Waals surface area contributed by atoms with Crippen LogP contribution >= 0.6 is 47.0 Å². The van der Waals surface area contributed by atoms with Crippen molar-refractivity contribution in [2.75, 3.05) is 49.9 Å². The Kier molecular flexibility index (Phi) is 33.7. The lowest BCUT2D eigenvalue weighted by Gasteiger charge is -2.03. The molecule has 45 heavy (non-hydrogen) atoms. The molecule has 0 fully saturated rings. The smallest absolute Gasteiger partial charge is 0.331 e. The molecule has 0 aromatic rings. The van der Waals surface area contributed by atoms with Gasteiger partial charge in [0.15, 0.2) is 0 Å². The van der Waals surface area contributed by atoms with E-state index in [1.807, 2.05) is 11.7 Å². The van der Waals surface area contributed by atoms with E-state index in [-0.39, 0.29) is 23.9 Å². The molecule has 0 saturated heterocycles. The van der Waals surface area contributed by atoms with E-state index >= 15 is 0 Å². The summed E-state index contributed by atoms with van der Waals surface area (Å²) < 4.78 is 20.6. The Morgan fingerprint density at radius 2 is 0.778 bits per heavy atom. The van der Waals surface area contributed by atoms with Crippen molar-refractivity contribution in [3.63, 3.8) is 0 Å². The number of hydrogen-bond donors (Lipinski definition) is 0. The Morgan fingerprint density at radius 1 is 0.444 bits per heavy atom. The van der Waals surface area contributed by atoms with E-state index in [1.54, 1.807) is 51.5 Å². The maximum absolute atomic E-state index is 11.8. The first-order chi connectivity index (χ1) is 22.0. The highest BCUT2D eigenvalue weighted by atomic mass is 32.2. The largest absolute Gasteiger partial charge is 0.463 e. The van der Waals surface area contributed by atoms with Gasteiger partial charge in [-0.05, 0) is 109 Å². The highest BCUT2D eigenvalue weighted by Gasteiger charge is 2.01. The lowest BCUT2D eigenvalue weighted by atomic mass is 10.2. The van der Waals surface area contributed by atoms with E-state index in [0.717, 1.165) is 81.5 Å². The first kappa shape index (κ1) is 43.2. The second-order valence-electron chi connectivity index (χ2n) is 9.62. The van der Waals surface area contributed by atoms with Crippen LogP contribution in [0.5, 0.6) is 0 Å². The monoisotopic (exact) mass is 704 g/mol. The summed E-state index contributed by atoms with van der Waals surface area (Å²) in [6.07, 6.45) is 19.0. The standard InChI is InChI=1S/C33H52O8S4/c1-3-4-13-23-43-27-16-31(35)39-20-11-7-8-12-22-41-33(37)18-29-45-25-14-24-44-28-17-32(36)40-21-10-6-5-9-19-38-30(34)15-26-42-2/h15-18,26-29H,3-14,19-25H2,1-2H3/b26-15-,27-16+,28-17-,29-18+. The second kappa shape index (κ2) is 35.1. The maximum atomic E-state index is 11.8. The Balaban J connectivity index is 3.51. The van der Waals surface area contributed by atoms with Gasteiger partial charge in [-0.3, -0.25) is 0 Å². The summed E-state index contributed by atoms with van der Waals surface area (Å²) in [6.45, 7) is 3.74. The number of esters is 4. The third-order valence-electron chi connectivity index (χ3n) is 5.69. The molecule has 0 amide bonds. The van der Waals surface area contributed by atoms with Crippen LogP contribution in [0.2, 0.25) is 0 Å². The molecule has 0 radical (unpaired) electrons. The fourth-order valence-electron chi connectivity index (χ4n) is 3.30. The third-order valence-corrected chi connectivity index (χ3v) is 8.65. The second-order valence-corrected chi connectivity index (χ2v) is 13.4. The molecule has 0 heterocycles. The third kappa shape index (κ3) is 34.9. The van der Waals surface area contributed by atoms with Crippen LogP contribution < -0.4 is 0 Å². The molecule has 12 heteroatoms. The Hall–Kier alpha value is -1.76. The Labute approximate surface area is 287 Å². The van der Waals surface area contributed by atoms with Crippen molar-refractivity contribution >= 4 is 70.9 Å². The number of ether oxygens (including phenoxy) is 4. The molecule has 0 atom stereocenters. The SMILES string of the molecule is CCCCCS/C=C/C(=O)OCCCCCCOC(=O)/C=C/SCCCS/C=C\C(=O)OCCCCCCOC(=O)/C=C\SC. The van der Waals surface area contributed by atoms with Crippen molar-refractivity contribution in [2.45, 2.75) is 84.0 Å². The topological polar surface area (TPSA) is 105 Å². The molecule has 0 spiro atoms. The number of carbonyl (C=O) groups is 4. The molecule has 0 rings (SSSR count). The van der Waals surface area contributed by atoms with E-state index in [2.05, 4.69) is 6.92 Å². The first-order valence-corrected chi connectivity index (χ1v) is 20.1.